The van der Waals surface area contributed by atoms with E-state index in [2.05, 4.69) is 189 Å². The normalized spacial score (nSPS) is 11.6. The molecule has 0 aliphatic rings. The predicted molar refractivity (Wildman–Crippen MR) is 563 cm³/mol. The number of hydrogen-bond donors (Lipinski definition) is 14. The van der Waals surface area contributed by atoms with Crippen LogP contribution in [0.2, 0.25) is 0 Å². The van der Waals surface area contributed by atoms with E-state index in [0.717, 1.165) is 72.6 Å². The molecule has 5 atom stereocenters. The third-order valence-corrected chi connectivity index (χ3v) is 22.7. The number of thiazole rings is 1. The molecule has 143 heavy (non-hydrogen) atoms. The van der Waals surface area contributed by atoms with E-state index < -0.39 is 17.9 Å². The van der Waals surface area contributed by atoms with Crippen molar-refractivity contribution in [3.05, 3.63) is 353 Å². The molecule has 0 aliphatic carbocycles. The van der Waals surface area contributed by atoms with Gasteiger partial charge in [-0.25, -0.2) is 64.6 Å². The highest BCUT2D eigenvalue weighted by Crippen LogP contribution is 2.39. The van der Waals surface area contributed by atoms with Crippen LogP contribution in [0.3, 0.4) is 0 Å². The number of aliphatic carboxylic acids is 1. The van der Waals surface area contributed by atoms with Gasteiger partial charge in [-0.1, -0.05) is 209 Å². The fourth-order valence-corrected chi connectivity index (χ4v) is 15.6. The molecular weight excluding hydrogens is 1830 g/mol. The number of anilines is 10. The highest BCUT2D eigenvalue weighted by Gasteiger charge is 2.25. The molecule has 10 aromatic carbocycles. The highest BCUT2D eigenvalue weighted by atomic mass is 32.1. The number of aromatic nitrogens is 13. The number of imidazole rings is 1. The summed E-state index contributed by atoms with van der Waals surface area (Å²) < 4.78 is 11.3. The molecule has 0 aliphatic heterocycles. The predicted octanol–water partition coefficient (Wildman–Crippen LogP) is 19.6. The first-order chi connectivity index (χ1) is 69.7. The number of aromatic amines is 1. The molecule has 7 aromatic heterocycles. The third-order valence-electron chi connectivity index (χ3n) is 21.7. The maximum Gasteiger partial charge on any atom is 0.330 e. The molecule has 35 heteroatoms. The Morgan fingerprint density at radius 3 is 1.26 bits per heavy atom. The number of hydrogen-bond acceptors (Lipinski definition) is 28. The van der Waals surface area contributed by atoms with E-state index in [1.807, 2.05) is 184 Å². The van der Waals surface area contributed by atoms with Crippen LogP contribution < -0.4 is 62.6 Å². The molecule has 0 saturated heterocycles. The van der Waals surface area contributed by atoms with E-state index in [-0.39, 0.29) is 61.0 Å². The summed E-state index contributed by atoms with van der Waals surface area (Å²) in [5.41, 5.74) is 13.5. The van der Waals surface area contributed by atoms with E-state index >= 15 is 0 Å². The highest BCUT2D eigenvalue weighted by molar-refractivity contribution is 7.21. The van der Waals surface area contributed by atoms with Crippen molar-refractivity contribution in [3.8, 4) is 45.3 Å². The van der Waals surface area contributed by atoms with Gasteiger partial charge in [0.05, 0.1) is 78.5 Å². The van der Waals surface area contributed by atoms with Crippen LogP contribution in [-0.4, -0.2) is 142 Å². The van der Waals surface area contributed by atoms with Crippen LogP contribution in [0.4, 0.5) is 57.5 Å². The Morgan fingerprint density at radius 2 is 0.797 bits per heavy atom. The fraction of sp³-hybridized carbons (Fsp3) is 0.148. The number of aliphatic hydroxyl groups is 2. The summed E-state index contributed by atoms with van der Waals surface area (Å²) in [4.78, 5) is 127. The number of benzene rings is 10. The molecular formula is C108H103N23O11S. The standard InChI is InChI=1S/C22H20N6O2.C22H19N5O2S.C22H20N4O4.C22H24N4O2.C20H20N4O/c1-2-18(30)25-16-10-8-15(9-11-16)20-27-19-21(23-13-24-22(19)28-20)26-17(12-29)14-6-4-3-5-7-14;1-2-18(29)25-16-10-8-15(9-11-16)21-27-19-20(23-13-24-22(19)30-21)26-17(12-28)14-6-4-3-5-7-14;1-3-8-19(27)25-17-11-15-16(12-18(17)30-4-2)23-13-24-21(15)26-20(22(28)29)14-9-6-5-7-10-14;1-4-17(15-10-8-7-9-11-15)26-22-16-12-19(25-21(27)5-2)20(28-6-3)13-18(16)23-14-24-22;1-3-17(14-8-6-5-7-9-14)24-20-16-12-15(23-19(25)4-2)10-11-18(16)21-13-22-20/h2-11,13,17,29H,1,12H2,(H,25,30)(H2,23,24,26,27,28);2-11,13,17,28H,1,12H2,(H,25,29)(H,23,24,26);5-7,9-13,20H,4H2,1-2H3,(H,25,27)(H,28,29)(H,23,24,26);5,7-14,17H,2,4,6H2,1,3H3,(H,25,27)(H,23,24,26);4-13,17H,2-3H2,1H3,(H,23,25)(H,21,22,24)/t2*17-;20-;2*17-/m11011/s1. The number of fused-ring (bicyclic) bond motifs is 5. The lowest BCUT2D eigenvalue weighted by Gasteiger charge is -2.20. The Bertz CT molecular complexity index is 7180. The Morgan fingerprint density at radius 1 is 0.406 bits per heavy atom. The zero-order chi connectivity index (χ0) is 101. The van der Waals surface area contributed by atoms with E-state index in [1.54, 1.807) is 61.8 Å². The first-order valence-corrected chi connectivity index (χ1v) is 46.2. The number of aliphatic hydroxyl groups excluding tert-OH is 2. The summed E-state index contributed by atoms with van der Waals surface area (Å²) >= 11 is 1.45. The van der Waals surface area contributed by atoms with Crippen molar-refractivity contribution in [3.63, 3.8) is 0 Å². The summed E-state index contributed by atoms with van der Waals surface area (Å²) in [6.45, 7) is 24.1. The molecule has 0 radical (unpaired) electrons. The van der Waals surface area contributed by atoms with Gasteiger partial charge in [0.25, 0.3) is 5.91 Å². The van der Waals surface area contributed by atoms with Crippen LogP contribution in [0.15, 0.2) is 325 Å². The number of carboxylic acid groups (broad SMARTS) is 1. The van der Waals surface area contributed by atoms with Gasteiger partial charge in [-0.2, -0.15) is 0 Å². The van der Waals surface area contributed by atoms with Crippen molar-refractivity contribution in [2.24, 2.45) is 0 Å². The number of carbonyl (C=O) groups excluding carboxylic acids is 5. The van der Waals surface area contributed by atoms with Crippen LogP contribution in [0, 0.1) is 11.8 Å². The third kappa shape index (κ3) is 27.5. The maximum atomic E-state index is 12.0. The zero-order valence-corrected chi connectivity index (χ0v) is 79.4. The van der Waals surface area contributed by atoms with Gasteiger partial charge in [-0.15, -0.1) is 0 Å². The molecule has 0 saturated carbocycles. The van der Waals surface area contributed by atoms with Gasteiger partial charge < -0.3 is 82.9 Å². The van der Waals surface area contributed by atoms with E-state index in [4.69, 9.17) is 14.5 Å². The second kappa shape index (κ2) is 51.1. The molecule has 34 nitrogen and oxygen atoms in total. The topological polar surface area (TPSA) is 472 Å². The van der Waals surface area contributed by atoms with Crippen molar-refractivity contribution in [2.75, 3.05) is 79.6 Å². The van der Waals surface area contributed by atoms with Gasteiger partial charge >= 0.3 is 5.97 Å². The first kappa shape index (κ1) is 102. The van der Waals surface area contributed by atoms with Crippen molar-refractivity contribution < 1.29 is 53.6 Å². The summed E-state index contributed by atoms with van der Waals surface area (Å²) in [5, 5.41) is 62.6. The van der Waals surface area contributed by atoms with Gasteiger partial charge in [0.15, 0.2) is 23.3 Å². The number of rotatable bonds is 35. The summed E-state index contributed by atoms with van der Waals surface area (Å²) in [7, 11) is 0. The van der Waals surface area contributed by atoms with Crippen molar-refractivity contribution in [2.45, 2.75) is 77.7 Å². The second-order valence-electron chi connectivity index (χ2n) is 31.1. The van der Waals surface area contributed by atoms with Gasteiger partial charge in [-0.3, -0.25) is 24.0 Å². The number of carboxylic acids is 1. The number of nitrogens with one attached hydrogen (secondary N) is 11. The average molecular weight is 1930 g/mol. The molecule has 5 amide bonds. The van der Waals surface area contributed by atoms with Crippen molar-refractivity contribution in [1.82, 2.24) is 64.8 Å². The Labute approximate surface area is 827 Å². The number of carbonyl (C=O) groups is 6. The number of ether oxygens (including phenoxy) is 2. The molecule has 0 fully saturated rings. The minimum Gasteiger partial charge on any atom is -0.492 e. The van der Waals surface area contributed by atoms with Gasteiger partial charge in [0.2, 0.25) is 23.6 Å². The van der Waals surface area contributed by atoms with Crippen LogP contribution in [0.5, 0.6) is 11.5 Å². The van der Waals surface area contributed by atoms with Gasteiger partial charge in [-0.05, 0) is 171 Å². The maximum absolute atomic E-state index is 12.0. The van der Waals surface area contributed by atoms with Crippen LogP contribution >= 0.6 is 11.3 Å². The minimum absolute atomic E-state index is 0.0790. The SMILES string of the molecule is C=CC(=O)Nc1cc2c(N[C@H](CC)c3ccccc3)ncnc2cc1OCC.C=CC(=O)Nc1ccc(-c2nc3c(N[C@H](CO)c4ccccc4)ncnc3s2)cc1.C=CC(=O)Nc1ccc(-c2nc3ncnc(N[C@H](CO)c4ccccc4)c3[nH]2)cc1.C=CC(=O)Nc1ccc2ncnc(N[C@H](CC)c3ccccc3)c2c1.CC#CC(=O)Nc1cc2c(N[C@H](C(=O)O)c3ccccc3)ncnc2cc1OCC. The average Bonchev–Trinajstić information content (AvgIpc) is 1.63. The Hall–Kier alpha value is -18.4. The first-order valence-electron chi connectivity index (χ1n) is 45.4. The van der Waals surface area contributed by atoms with Gasteiger partial charge in [0, 0.05) is 56.5 Å². The molecule has 17 rings (SSSR count). The van der Waals surface area contributed by atoms with Crippen LogP contribution in [0.25, 0.3) is 76.2 Å². The lowest BCUT2D eigenvalue weighted by atomic mass is 10.0. The smallest absolute Gasteiger partial charge is 0.330 e. The lowest BCUT2D eigenvalue weighted by molar-refractivity contribution is -0.138. The second-order valence-corrected chi connectivity index (χ2v) is 32.1. The molecule has 7 heterocycles. The quantitative estimate of drug-likeness (QED) is 0.0130. The summed E-state index contributed by atoms with van der Waals surface area (Å²) in [5.74, 6) is 6.84. The summed E-state index contributed by atoms with van der Waals surface area (Å²) in [6.07, 6.45) is 14.1. The number of H-pyrrole nitrogens is 1. The van der Waals surface area contributed by atoms with Crippen molar-refractivity contribution in [1.29, 1.82) is 0 Å². The van der Waals surface area contributed by atoms with E-state index in [1.165, 1.54) is 72.1 Å². The number of nitrogens with zero attached hydrogens (tertiary/aromatic N) is 12. The fourth-order valence-electron chi connectivity index (χ4n) is 14.7. The molecule has 17 aromatic rings. The Balaban J connectivity index is 0.000000150. The monoisotopic (exact) mass is 1930 g/mol. The molecule has 0 bridgehead atoms. The Kier molecular flexibility index (Phi) is 36.5. The minimum atomic E-state index is -1.05. The van der Waals surface area contributed by atoms with Crippen LogP contribution in [-0.2, 0) is 28.8 Å². The van der Waals surface area contributed by atoms with E-state index in [0.29, 0.717) is 115 Å². The van der Waals surface area contributed by atoms with E-state index in [9.17, 15) is 44.1 Å². The lowest BCUT2D eigenvalue weighted by Crippen LogP contribution is -2.21. The summed E-state index contributed by atoms with van der Waals surface area (Å²) in [6, 6.07) is 74.4. The molecule has 14 N–H and O–H groups in total. The molecule has 722 valence electrons. The molecule has 0 unspecified atom stereocenters. The molecule has 0 spiro atoms. The largest absolute Gasteiger partial charge is 0.492 e. The van der Waals surface area contributed by atoms with Crippen molar-refractivity contribution >= 4 is 159 Å². The number of amides is 5. The van der Waals surface area contributed by atoms with Gasteiger partial charge in [0.1, 0.15) is 87.3 Å². The van der Waals surface area contributed by atoms with Crippen LogP contribution in [0.1, 0.15) is 105 Å². The zero-order valence-electron chi connectivity index (χ0n) is 78.6.